The normalized spacial score (nSPS) is 12.6. The van der Waals surface area contributed by atoms with Crippen LogP contribution < -0.4 is 59.8 Å². The van der Waals surface area contributed by atoms with Crippen LogP contribution in [0.1, 0.15) is 150 Å². The molecule has 1 aliphatic carbocycles. The Morgan fingerprint density at radius 1 is 0.293 bits per heavy atom. The number of hydrogen-bond donors (Lipinski definition) is 4. The summed E-state index contributed by atoms with van der Waals surface area (Å²) in [6, 6.07) is 47.1. The second-order valence-corrected chi connectivity index (χ2v) is 42.1. The maximum atomic E-state index is 12.9. The fourth-order valence-corrected chi connectivity index (χ4v) is 22.4. The molecule has 8 bridgehead atoms. The van der Waals surface area contributed by atoms with Gasteiger partial charge in [-0.15, -0.1) is 0 Å². The molecule has 0 amide bonds. The number of rotatable bonds is 47. The van der Waals surface area contributed by atoms with E-state index in [-0.39, 0.29) is 163 Å². The first-order valence-electron chi connectivity index (χ1n) is 42.2. The molecule has 0 saturated heterocycles. The molecule has 33 heteroatoms. The molecule has 0 heterocycles. The first kappa shape index (κ1) is 104. The second-order valence-electron chi connectivity index (χ2n) is 29.5. The van der Waals surface area contributed by atoms with Gasteiger partial charge in [-0.05, 0) is 181 Å². The van der Waals surface area contributed by atoms with E-state index < -0.39 is 102 Å². The van der Waals surface area contributed by atoms with Crippen molar-refractivity contribution in [1.29, 1.82) is 0 Å². The summed E-state index contributed by atoms with van der Waals surface area (Å²) >= 11 is -0.106. The van der Waals surface area contributed by atoms with Crippen molar-refractivity contribution in [3.8, 4) is 23.0 Å². The van der Waals surface area contributed by atoms with Crippen molar-refractivity contribution in [2.75, 3.05) is 144 Å². The van der Waals surface area contributed by atoms with E-state index in [4.69, 9.17) is 57.0 Å². The van der Waals surface area contributed by atoms with Gasteiger partial charge in [0.25, 0.3) is 0 Å². The SMILES string of the molecule is CCOCCOc1c2cc(S(=O)(=O)[O-])cc1Cc1cc(S(=O)(=O)[O-])cc(c1OCCOCC)Cc1cc(S(=O)(=O)[O-])cc(c1OCCOCC)Cc1cc(S(=O)(=O)[O-])cc(c1OCCOCC)C2.CC[NH+](CC)Cc1ccc(P(CCP(c2ccc(C[NH+](CC)CC)cc2)c2ccc(C[NH+](CC)CC)cc2)c2ccc(C[NH+](CC)CC)cc2)cc1.[Cl][Pd][Cl]. The third-order valence-electron chi connectivity index (χ3n) is 21.6. The second kappa shape index (κ2) is 52.8. The van der Waals surface area contributed by atoms with E-state index >= 15 is 0 Å². The van der Waals surface area contributed by atoms with Gasteiger partial charge in [-0.1, -0.05) is 97.1 Å². The number of nitrogens with one attached hydrogen (secondary N) is 4. The Morgan fingerprint density at radius 2 is 0.455 bits per heavy atom. The summed E-state index contributed by atoms with van der Waals surface area (Å²) in [4.78, 5) is 3.43. The first-order valence-corrected chi connectivity index (χ1v) is 54.9. The summed E-state index contributed by atoms with van der Waals surface area (Å²) < 4.78 is 202. The third-order valence-corrected chi connectivity index (χ3v) is 30.2. The molecular weight excluding hydrogens is 1820 g/mol. The van der Waals surface area contributed by atoms with E-state index in [1.165, 1.54) is 108 Å². The number of ether oxygens (including phenoxy) is 8. The van der Waals surface area contributed by atoms with Crippen LogP contribution in [0, 0.1) is 0 Å². The van der Waals surface area contributed by atoms with Crippen LogP contribution in [0.4, 0.5) is 0 Å². The van der Waals surface area contributed by atoms with Crippen molar-refractivity contribution in [2.45, 2.75) is 155 Å². The predicted octanol–water partition coefficient (Wildman–Crippen LogP) is 7.97. The third kappa shape index (κ3) is 32.8. The molecule has 0 aromatic heterocycles. The number of benzene rings is 8. The fourth-order valence-electron chi connectivity index (χ4n) is 14.8. The molecule has 8 aromatic rings. The summed E-state index contributed by atoms with van der Waals surface area (Å²) in [6.45, 7) is 39.6. The molecule has 0 spiro atoms. The Morgan fingerprint density at radius 3 is 0.593 bits per heavy atom. The Bertz CT molecular complexity index is 4340. The quantitative estimate of drug-likeness (QED) is 0.0122. The average molecular weight is 1950 g/mol. The molecule has 4 N–H and O–H groups in total. The molecule has 0 saturated carbocycles. The Labute approximate surface area is 749 Å². The molecule has 0 unspecified atom stereocenters. The zero-order valence-corrected chi connectivity index (χ0v) is 81.0. The molecule has 0 atom stereocenters. The van der Waals surface area contributed by atoms with Crippen molar-refractivity contribution in [2.24, 2.45) is 0 Å². The summed E-state index contributed by atoms with van der Waals surface area (Å²) in [5.74, 6) is -0.281. The van der Waals surface area contributed by atoms with Gasteiger partial charge in [-0.25, -0.2) is 33.7 Å². The number of hydrogen-bond acceptors (Lipinski definition) is 20. The molecule has 24 nitrogen and oxygen atoms in total. The van der Waals surface area contributed by atoms with E-state index in [0.29, 0.717) is 0 Å². The Kier molecular flexibility index (Phi) is 44.8. The minimum absolute atomic E-state index is 0.00443. The van der Waals surface area contributed by atoms with Gasteiger partial charge >= 0.3 is 35.0 Å². The van der Waals surface area contributed by atoms with Crippen molar-refractivity contribution in [1.82, 2.24) is 0 Å². The van der Waals surface area contributed by atoms with E-state index in [1.54, 1.807) is 47.3 Å². The standard InChI is InChI=1S/C46H68N4P2.C44H56O20S4.2ClH.Pd/c1-9-47(10-2)35-39-17-25-43(26-18-39)51(44-27-19-40(20-28-44)36-48(11-3)12-4)33-34-52(45-29-21-41(22-30-45)37-49(13-5)14-6)46-31-23-42(24-32-46)38-50(15-7)16-8;1-5-57-9-13-61-41-29-17-31-23-38(66(48,49)50)25-33(42(31)62-14-10-58-6-2)19-35-27-40(68(54,55)56)28-36(44(35)64-16-12-60-8-4)20-34-26-39(67(51,52)53)24-32(43(34)63-15-11-59-7-3)18-30(41)22-37(21-29)65(45,46)47;;;/h17-32H,9-16,33-38H2,1-8H3;21-28H,5-20H2,1-4H3,(H,45,46,47)(H,48,49,50)(H,51,52,53)(H,54,55,56);2*1H;/q;;;;+2/p-2. The van der Waals surface area contributed by atoms with Gasteiger partial charge in [-0.3, -0.25) is 0 Å². The van der Waals surface area contributed by atoms with Gasteiger partial charge in [0.05, 0.1) is 98.4 Å². The van der Waals surface area contributed by atoms with Gasteiger partial charge in [0.2, 0.25) is 0 Å². The molecule has 0 fully saturated rings. The number of quaternary nitrogens is 4. The van der Waals surface area contributed by atoms with Gasteiger partial charge in [0.15, 0.2) is 0 Å². The van der Waals surface area contributed by atoms with Crippen LogP contribution in [0.3, 0.4) is 0 Å². The molecule has 0 aliphatic heterocycles. The van der Waals surface area contributed by atoms with Gasteiger partial charge in [0, 0.05) is 119 Å². The number of halogens is 2. The van der Waals surface area contributed by atoms with Crippen LogP contribution in [-0.4, -0.2) is 196 Å². The molecule has 8 aromatic carbocycles. The molecular formula is C90H124Cl2N4O20P2PdS4. The molecule has 1 aliphatic rings. The van der Waals surface area contributed by atoms with Gasteiger partial charge < -0.3 is 75.7 Å². The number of fused-ring (bicyclic) bond motifs is 8. The van der Waals surface area contributed by atoms with Crippen LogP contribution in [0.5, 0.6) is 23.0 Å². The topological polar surface area (TPSA) is 320 Å². The van der Waals surface area contributed by atoms with Crippen LogP contribution in [0.25, 0.3) is 0 Å². The average Bonchev–Trinajstić information content (AvgIpc) is 0.759. The zero-order chi connectivity index (χ0) is 89.9. The van der Waals surface area contributed by atoms with E-state index in [9.17, 15) is 51.9 Å². The summed E-state index contributed by atoms with van der Waals surface area (Å²) in [5, 5.41) is 6.06. The molecule has 9 rings (SSSR count). The molecule has 0 radical (unpaired) electrons. The maximum absolute atomic E-state index is 12.9. The van der Waals surface area contributed by atoms with Crippen molar-refractivity contribution in [3.05, 3.63) is 212 Å². The summed E-state index contributed by atoms with van der Waals surface area (Å²) in [7, 11) is -12.6. The molecule has 123 heavy (non-hydrogen) atoms. The summed E-state index contributed by atoms with van der Waals surface area (Å²) in [6.07, 6.45) is 0.373. The van der Waals surface area contributed by atoms with E-state index in [0.717, 1.165) is 74.7 Å². The Balaban J connectivity index is 0.000000339. The Hall–Kier alpha value is -5.62. The van der Waals surface area contributed by atoms with Crippen molar-refractivity contribution < 1.29 is 125 Å². The predicted molar refractivity (Wildman–Crippen MR) is 479 cm³/mol. The zero-order valence-electron chi connectivity index (χ0n) is 72.8. The van der Waals surface area contributed by atoms with Crippen LogP contribution >= 0.6 is 34.9 Å². The molecule has 682 valence electrons. The van der Waals surface area contributed by atoms with Crippen molar-refractivity contribution in [3.63, 3.8) is 0 Å². The summed E-state index contributed by atoms with van der Waals surface area (Å²) in [5.41, 5.74) is 5.33. The van der Waals surface area contributed by atoms with Crippen molar-refractivity contribution >= 4 is 96.6 Å². The first-order chi connectivity index (χ1) is 58.9. The van der Waals surface area contributed by atoms with Crippen LogP contribution in [-0.2, 0) is 127 Å². The van der Waals surface area contributed by atoms with Crippen LogP contribution in [0.15, 0.2) is 165 Å². The van der Waals surface area contributed by atoms with Gasteiger partial charge in [0.1, 0.15) is 116 Å². The monoisotopic (exact) mass is 1950 g/mol. The minimum atomic E-state index is -5.30. The van der Waals surface area contributed by atoms with Crippen LogP contribution in [0.2, 0.25) is 0 Å². The van der Waals surface area contributed by atoms with E-state index in [1.807, 2.05) is 0 Å². The van der Waals surface area contributed by atoms with Gasteiger partial charge in [-0.2, -0.15) is 0 Å². The van der Waals surface area contributed by atoms with E-state index in [2.05, 4.69) is 152 Å². The fraction of sp³-hybridized carbons (Fsp3) is 0.467.